The lowest BCUT2D eigenvalue weighted by Crippen LogP contribution is -2.16. The minimum Gasteiger partial charge on any atom is -0.456 e. The Morgan fingerprint density at radius 1 is 1.13 bits per heavy atom. The van der Waals surface area contributed by atoms with Crippen LogP contribution in [0.3, 0.4) is 0 Å². The van der Waals surface area contributed by atoms with Crippen molar-refractivity contribution in [3.63, 3.8) is 0 Å². The molecular weight excluding hydrogens is 383 g/mol. The number of nitrogens with zero attached hydrogens (tertiary/aromatic N) is 1. The van der Waals surface area contributed by atoms with Gasteiger partial charge in [0.25, 0.3) is 11.5 Å². The van der Waals surface area contributed by atoms with E-state index in [-0.39, 0.29) is 11.4 Å². The van der Waals surface area contributed by atoms with Gasteiger partial charge in [0.1, 0.15) is 17.3 Å². The number of halogens is 1. The van der Waals surface area contributed by atoms with Crippen LogP contribution in [0.1, 0.15) is 16.7 Å². The number of ether oxygens (including phenoxy) is 1. The molecule has 0 aliphatic heterocycles. The molecule has 0 radical (unpaired) electrons. The molecule has 1 amide bonds. The highest BCUT2D eigenvalue weighted by Crippen LogP contribution is 2.41. The van der Waals surface area contributed by atoms with Gasteiger partial charge in [-0.05, 0) is 67.6 Å². The molecule has 0 aliphatic rings. The van der Waals surface area contributed by atoms with Crippen molar-refractivity contribution in [3.05, 3.63) is 75.5 Å². The maximum absolute atomic E-state index is 13.7. The van der Waals surface area contributed by atoms with E-state index in [9.17, 15) is 14.0 Å². The lowest BCUT2D eigenvalue weighted by Gasteiger charge is -2.19. The van der Waals surface area contributed by atoms with Gasteiger partial charge in [0, 0.05) is 30.4 Å². The van der Waals surface area contributed by atoms with E-state index in [1.807, 2.05) is 5.92 Å². The summed E-state index contributed by atoms with van der Waals surface area (Å²) in [6.45, 7) is 5.31. The Labute approximate surface area is 174 Å². The van der Waals surface area contributed by atoms with Crippen LogP contribution in [0.4, 0.5) is 10.1 Å². The molecule has 0 saturated heterocycles. The van der Waals surface area contributed by atoms with E-state index < -0.39 is 5.91 Å². The second-order valence-corrected chi connectivity index (χ2v) is 7.07. The van der Waals surface area contributed by atoms with Crippen LogP contribution in [-0.4, -0.2) is 10.5 Å². The van der Waals surface area contributed by atoms with Crippen LogP contribution in [0.25, 0.3) is 11.1 Å². The highest BCUT2D eigenvalue weighted by Gasteiger charge is 2.19. The van der Waals surface area contributed by atoms with Crippen molar-refractivity contribution < 1.29 is 13.9 Å². The van der Waals surface area contributed by atoms with Crippen LogP contribution >= 0.6 is 0 Å². The van der Waals surface area contributed by atoms with Crippen LogP contribution in [0.15, 0.2) is 47.4 Å². The fourth-order valence-electron chi connectivity index (χ4n) is 3.31. The van der Waals surface area contributed by atoms with Gasteiger partial charge in [0.15, 0.2) is 0 Å². The van der Waals surface area contributed by atoms with Gasteiger partial charge in [-0.15, -0.1) is 6.42 Å². The van der Waals surface area contributed by atoms with Crippen molar-refractivity contribution in [3.8, 4) is 35.0 Å². The molecule has 5 nitrogen and oxygen atoms in total. The Balaban J connectivity index is 2.26. The Bertz CT molecular complexity index is 1230. The molecule has 30 heavy (non-hydrogen) atoms. The van der Waals surface area contributed by atoms with Crippen LogP contribution in [0.2, 0.25) is 0 Å². The van der Waals surface area contributed by atoms with E-state index in [4.69, 9.17) is 11.2 Å². The smallest absolute Gasteiger partial charge is 0.300 e. The van der Waals surface area contributed by atoms with E-state index in [1.54, 1.807) is 52.2 Å². The number of hydrogen-bond acceptors (Lipinski definition) is 3. The number of terminal acetylenes is 1. The molecule has 0 aliphatic carbocycles. The van der Waals surface area contributed by atoms with Crippen molar-refractivity contribution in [2.75, 3.05) is 5.32 Å². The Morgan fingerprint density at radius 3 is 2.43 bits per heavy atom. The molecule has 0 unspecified atom stereocenters. The molecule has 0 atom stereocenters. The first kappa shape index (κ1) is 20.9. The number of benzene rings is 2. The molecule has 0 bridgehead atoms. The monoisotopic (exact) mass is 404 g/mol. The molecule has 3 rings (SSSR count). The SMILES string of the molecule is C#CC(=O)Nc1cccc(Oc2c(C)cc(F)cc2C)c1-c1cn(C)c(=O)cc1C. The van der Waals surface area contributed by atoms with Gasteiger partial charge in [-0.2, -0.15) is 0 Å². The Hall–Kier alpha value is -3.85. The second-order valence-electron chi connectivity index (χ2n) is 7.07. The zero-order valence-electron chi connectivity index (χ0n) is 17.2. The lowest BCUT2D eigenvalue weighted by molar-refractivity contribution is -0.111. The van der Waals surface area contributed by atoms with Crippen molar-refractivity contribution in [1.82, 2.24) is 4.57 Å². The summed E-state index contributed by atoms with van der Waals surface area (Å²) in [5, 5.41) is 2.68. The number of rotatable bonds is 4. The third kappa shape index (κ3) is 4.11. The summed E-state index contributed by atoms with van der Waals surface area (Å²) in [7, 11) is 1.64. The zero-order chi connectivity index (χ0) is 22.0. The number of aryl methyl sites for hydroxylation is 4. The molecule has 152 valence electrons. The summed E-state index contributed by atoms with van der Waals surface area (Å²) >= 11 is 0. The van der Waals surface area contributed by atoms with Gasteiger partial charge in [0.05, 0.1) is 5.69 Å². The number of anilines is 1. The fourth-order valence-corrected chi connectivity index (χ4v) is 3.31. The Morgan fingerprint density at radius 2 is 1.80 bits per heavy atom. The maximum atomic E-state index is 13.7. The minimum atomic E-state index is -0.606. The van der Waals surface area contributed by atoms with E-state index in [2.05, 4.69) is 5.32 Å². The first-order valence-electron chi connectivity index (χ1n) is 9.24. The van der Waals surface area contributed by atoms with E-state index in [1.165, 1.54) is 22.8 Å². The second kappa shape index (κ2) is 8.26. The number of carbonyl (C=O) groups excluding carboxylic acids is 1. The first-order chi connectivity index (χ1) is 14.2. The average Bonchev–Trinajstić information content (AvgIpc) is 2.68. The van der Waals surface area contributed by atoms with E-state index >= 15 is 0 Å². The Kier molecular flexibility index (Phi) is 5.74. The zero-order valence-corrected chi connectivity index (χ0v) is 17.2. The van der Waals surface area contributed by atoms with Gasteiger partial charge in [0.2, 0.25) is 0 Å². The summed E-state index contributed by atoms with van der Waals surface area (Å²) in [4.78, 5) is 23.9. The molecule has 6 heteroatoms. The van der Waals surface area contributed by atoms with Gasteiger partial charge < -0.3 is 14.6 Å². The quantitative estimate of drug-likeness (QED) is 0.652. The lowest BCUT2D eigenvalue weighted by atomic mass is 9.99. The normalized spacial score (nSPS) is 10.4. The third-order valence-corrected chi connectivity index (χ3v) is 4.75. The topological polar surface area (TPSA) is 60.3 Å². The van der Waals surface area contributed by atoms with Crippen molar-refractivity contribution in [1.29, 1.82) is 0 Å². The highest BCUT2D eigenvalue weighted by molar-refractivity contribution is 6.06. The standard InChI is InChI=1S/C24H21FN2O3/c1-6-21(28)26-19-8-7-9-20(30-24-15(3)10-17(25)11-16(24)4)23(19)18-13-27(5)22(29)12-14(18)2/h1,7-13H,2-5H3,(H,26,28). The van der Waals surface area contributed by atoms with Crippen molar-refractivity contribution in [2.45, 2.75) is 20.8 Å². The maximum Gasteiger partial charge on any atom is 0.300 e. The summed E-state index contributed by atoms with van der Waals surface area (Å²) in [5.41, 5.74) is 3.51. The predicted octanol–water partition coefficient (Wildman–Crippen LogP) is 4.48. The molecule has 1 heterocycles. The van der Waals surface area contributed by atoms with Crippen molar-refractivity contribution >= 4 is 11.6 Å². The van der Waals surface area contributed by atoms with E-state index in [0.717, 1.165) is 0 Å². The van der Waals surface area contributed by atoms with Gasteiger partial charge in [-0.1, -0.05) is 6.07 Å². The van der Waals surface area contributed by atoms with Crippen LogP contribution in [0.5, 0.6) is 11.5 Å². The molecule has 2 aromatic carbocycles. The largest absolute Gasteiger partial charge is 0.456 e. The van der Waals surface area contributed by atoms with Crippen LogP contribution in [0, 0.1) is 38.9 Å². The minimum absolute atomic E-state index is 0.158. The molecule has 0 saturated carbocycles. The van der Waals surface area contributed by atoms with E-state index in [0.29, 0.717) is 45.0 Å². The van der Waals surface area contributed by atoms with Gasteiger partial charge >= 0.3 is 0 Å². The number of amides is 1. The molecule has 0 spiro atoms. The molecule has 3 aromatic rings. The summed E-state index contributed by atoms with van der Waals surface area (Å²) in [6, 6.07) is 9.46. The molecular formula is C24H21FN2O3. The first-order valence-corrected chi connectivity index (χ1v) is 9.24. The molecule has 1 N–H and O–H groups in total. The predicted molar refractivity (Wildman–Crippen MR) is 115 cm³/mol. The van der Waals surface area contributed by atoms with Crippen LogP contribution in [-0.2, 0) is 11.8 Å². The van der Waals surface area contributed by atoms with Gasteiger partial charge in [-0.3, -0.25) is 9.59 Å². The summed E-state index contributed by atoms with van der Waals surface area (Å²) in [6.07, 6.45) is 6.90. The fraction of sp³-hybridized carbons (Fsp3) is 0.167. The molecule has 0 fully saturated rings. The number of nitrogens with one attached hydrogen (secondary N) is 1. The highest BCUT2D eigenvalue weighted by atomic mass is 19.1. The average molecular weight is 404 g/mol. The third-order valence-electron chi connectivity index (χ3n) is 4.75. The van der Waals surface area contributed by atoms with Crippen molar-refractivity contribution in [2.24, 2.45) is 7.05 Å². The number of carbonyl (C=O) groups is 1. The summed E-state index contributed by atoms with van der Waals surface area (Å²) in [5.74, 6) is 2.03. The number of pyridine rings is 1. The van der Waals surface area contributed by atoms with Gasteiger partial charge in [-0.25, -0.2) is 4.39 Å². The van der Waals surface area contributed by atoms with Crippen LogP contribution < -0.4 is 15.6 Å². The summed E-state index contributed by atoms with van der Waals surface area (Å²) < 4.78 is 21.4. The molecule has 1 aromatic heterocycles. The number of aromatic nitrogens is 1. The number of hydrogen-bond donors (Lipinski definition) is 1.